The Bertz CT molecular complexity index is 1190. The molecule has 2 fully saturated rings. The fourth-order valence-corrected chi connectivity index (χ4v) is 5.00. The number of carbonyl (C=O) groups excluding carboxylic acids is 1. The van der Waals surface area contributed by atoms with Gasteiger partial charge in [-0.25, -0.2) is 14.8 Å². The minimum atomic E-state index is -0.306. The molecule has 6 rings (SSSR count). The van der Waals surface area contributed by atoms with Crippen molar-refractivity contribution in [2.24, 2.45) is 0 Å². The molecule has 2 saturated heterocycles. The lowest BCUT2D eigenvalue weighted by molar-refractivity contribution is 0.0301. The fraction of sp³-hybridized carbons (Fsp3) is 0.360. The molecule has 9 nitrogen and oxygen atoms in total. The van der Waals surface area contributed by atoms with Gasteiger partial charge in [0.2, 0.25) is 0 Å². The summed E-state index contributed by atoms with van der Waals surface area (Å²) in [5, 5.41) is 5.65. The zero-order valence-corrected chi connectivity index (χ0v) is 19.1. The van der Waals surface area contributed by atoms with Gasteiger partial charge in [0.15, 0.2) is 5.82 Å². The van der Waals surface area contributed by atoms with Crippen LogP contribution in [0.25, 0.3) is 11.4 Å². The van der Waals surface area contributed by atoms with Crippen LogP contribution in [0.15, 0.2) is 48.8 Å². The average molecular weight is 458 g/mol. The van der Waals surface area contributed by atoms with Gasteiger partial charge in [-0.2, -0.15) is 0 Å². The minimum absolute atomic E-state index is 0.301. The van der Waals surface area contributed by atoms with Crippen LogP contribution in [0.3, 0.4) is 0 Å². The quantitative estimate of drug-likeness (QED) is 0.619. The average Bonchev–Trinajstić information content (AvgIpc) is 3.39. The summed E-state index contributed by atoms with van der Waals surface area (Å²) in [5.74, 6) is 1.76. The molecule has 2 N–H and O–H groups in total. The van der Waals surface area contributed by atoms with Gasteiger partial charge in [-0.3, -0.25) is 9.88 Å². The Morgan fingerprint density at radius 3 is 2.32 bits per heavy atom. The van der Waals surface area contributed by atoms with Crippen LogP contribution in [0.2, 0.25) is 0 Å². The van der Waals surface area contributed by atoms with E-state index in [1.165, 1.54) is 5.56 Å². The largest absolute Gasteiger partial charge is 0.371 e. The van der Waals surface area contributed by atoms with Gasteiger partial charge < -0.3 is 20.3 Å². The van der Waals surface area contributed by atoms with Gasteiger partial charge in [-0.15, -0.1) is 0 Å². The number of hydrogen-bond acceptors (Lipinski definition) is 7. The summed E-state index contributed by atoms with van der Waals surface area (Å²) in [7, 11) is 2.12. The standard InChI is InChI=1S/C25H27N7O2/c1-31-14-21-22(15-31)29-23(30-24(21)32-12-19-6-7-20(13-32)34-19)16-2-4-17(5-3-16)27-25(33)28-18-8-10-26-11-9-18/h2-5,8-11,19-20H,6-7,12-15H2,1H3,(H2,26,27,28,33). The molecule has 0 saturated carbocycles. The van der Waals surface area contributed by atoms with Gasteiger partial charge in [0, 0.05) is 61.1 Å². The van der Waals surface area contributed by atoms with E-state index in [4.69, 9.17) is 14.7 Å². The van der Waals surface area contributed by atoms with Crippen molar-refractivity contribution in [3.8, 4) is 11.4 Å². The number of carbonyl (C=O) groups is 1. The number of morpholine rings is 1. The normalized spacial score (nSPS) is 21.4. The Balaban J connectivity index is 1.23. The summed E-state index contributed by atoms with van der Waals surface area (Å²) in [5.41, 5.74) is 4.64. The molecule has 0 radical (unpaired) electrons. The smallest absolute Gasteiger partial charge is 0.323 e. The number of aromatic nitrogens is 3. The van der Waals surface area contributed by atoms with Crippen molar-refractivity contribution < 1.29 is 9.53 Å². The Morgan fingerprint density at radius 1 is 0.941 bits per heavy atom. The summed E-state index contributed by atoms with van der Waals surface area (Å²) in [6.45, 7) is 3.47. The lowest BCUT2D eigenvalue weighted by Gasteiger charge is -2.34. The number of nitrogens with one attached hydrogen (secondary N) is 2. The Hall–Kier alpha value is -3.56. The van der Waals surface area contributed by atoms with E-state index in [1.54, 1.807) is 24.5 Å². The molecule has 5 heterocycles. The molecule has 174 valence electrons. The Kier molecular flexibility index (Phi) is 5.35. The van der Waals surface area contributed by atoms with Crippen LogP contribution < -0.4 is 15.5 Å². The number of hydrogen-bond donors (Lipinski definition) is 2. The molecule has 0 spiro atoms. The molecule has 1 aromatic carbocycles. The summed E-state index contributed by atoms with van der Waals surface area (Å²) in [6.07, 6.45) is 6.13. The monoisotopic (exact) mass is 457 g/mol. The predicted molar refractivity (Wildman–Crippen MR) is 130 cm³/mol. The van der Waals surface area contributed by atoms with Crippen molar-refractivity contribution in [3.63, 3.8) is 0 Å². The summed E-state index contributed by atoms with van der Waals surface area (Å²) >= 11 is 0. The van der Waals surface area contributed by atoms with E-state index in [0.717, 1.165) is 61.9 Å². The topological polar surface area (TPSA) is 95.5 Å². The predicted octanol–water partition coefficient (Wildman–Crippen LogP) is 3.50. The van der Waals surface area contributed by atoms with Crippen molar-refractivity contribution in [2.45, 2.75) is 38.1 Å². The first-order valence-corrected chi connectivity index (χ1v) is 11.7. The van der Waals surface area contributed by atoms with E-state index >= 15 is 0 Å². The lowest BCUT2D eigenvalue weighted by Crippen LogP contribution is -2.43. The summed E-state index contributed by atoms with van der Waals surface area (Å²) in [6, 6.07) is 10.8. The minimum Gasteiger partial charge on any atom is -0.371 e. The number of nitrogens with zero attached hydrogens (tertiary/aromatic N) is 5. The fourth-order valence-electron chi connectivity index (χ4n) is 5.00. The molecule has 9 heteroatoms. The zero-order chi connectivity index (χ0) is 23.1. The summed E-state index contributed by atoms with van der Waals surface area (Å²) < 4.78 is 6.05. The number of anilines is 3. The van der Waals surface area contributed by atoms with Gasteiger partial charge >= 0.3 is 6.03 Å². The number of amides is 2. The second-order valence-electron chi connectivity index (χ2n) is 9.22. The van der Waals surface area contributed by atoms with Gasteiger partial charge in [0.1, 0.15) is 5.82 Å². The van der Waals surface area contributed by atoms with Crippen molar-refractivity contribution in [3.05, 3.63) is 60.0 Å². The van der Waals surface area contributed by atoms with Crippen LogP contribution in [0.5, 0.6) is 0 Å². The first kappa shape index (κ1) is 21.0. The first-order chi connectivity index (χ1) is 16.6. The highest BCUT2D eigenvalue weighted by atomic mass is 16.5. The second kappa shape index (κ2) is 8.66. The molecular weight excluding hydrogens is 430 g/mol. The third-order valence-electron chi connectivity index (χ3n) is 6.60. The SMILES string of the molecule is CN1Cc2nc(-c3ccc(NC(=O)Nc4ccncc4)cc3)nc(N3CC4CCC(C3)O4)c2C1. The lowest BCUT2D eigenvalue weighted by atomic mass is 10.1. The number of urea groups is 1. The maximum Gasteiger partial charge on any atom is 0.323 e. The van der Waals surface area contributed by atoms with Gasteiger partial charge in [-0.05, 0) is 56.3 Å². The van der Waals surface area contributed by atoms with E-state index in [-0.39, 0.29) is 6.03 Å². The van der Waals surface area contributed by atoms with Crippen LogP contribution >= 0.6 is 0 Å². The third kappa shape index (κ3) is 4.20. The molecule has 0 aliphatic carbocycles. The van der Waals surface area contributed by atoms with Crippen molar-refractivity contribution in [1.82, 2.24) is 19.9 Å². The van der Waals surface area contributed by atoms with Gasteiger partial charge in [0.05, 0.1) is 17.9 Å². The highest BCUT2D eigenvalue weighted by molar-refractivity contribution is 5.99. The van der Waals surface area contributed by atoms with Crippen LogP contribution in [-0.2, 0) is 17.8 Å². The molecule has 2 bridgehead atoms. The first-order valence-electron chi connectivity index (χ1n) is 11.7. The number of ether oxygens (including phenoxy) is 1. The van der Waals surface area contributed by atoms with Gasteiger partial charge in [0.25, 0.3) is 0 Å². The zero-order valence-electron chi connectivity index (χ0n) is 19.1. The van der Waals surface area contributed by atoms with E-state index in [2.05, 4.69) is 32.5 Å². The van der Waals surface area contributed by atoms with E-state index in [9.17, 15) is 4.79 Å². The number of rotatable bonds is 4. The molecule has 2 atom stereocenters. The maximum absolute atomic E-state index is 12.3. The van der Waals surface area contributed by atoms with E-state index < -0.39 is 0 Å². The molecule has 3 aliphatic rings. The van der Waals surface area contributed by atoms with E-state index in [0.29, 0.717) is 23.6 Å². The van der Waals surface area contributed by atoms with Crippen molar-refractivity contribution in [2.75, 3.05) is 35.7 Å². The van der Waals surface area contributed by atoms with Crippen molar-refractivity contribution in [1.29, 1.82) is 0 Å². The maximum atomic E-state index is 12.3. The van der Waals surface area contributed by atoms with Crippen LogP contribution in [0, 0.1) is 0 Å². The Morgan fingerprint density at radius 2 is 1.62 bits per heavy atom. The van der Waals surface area contributed by atoms with Crippen LogP contribution in [0.1, 0.15) is 24.1 Å². The second-order valence-corrected chi connectivity index (χ2v) is 9.22. The molecule has 3 aliphatic heterocycles. The van der Waals surface area contributed by atoms with Crippen LogP contribution in [0.4, 0.5) is 22.0 Å². The van der Waals surface area contributed by atoms with E-state index in [1.807, 2.05) is 24.3 Å². The summed E-state index contributed by atoms with van der Waals surface area (Å²) in [4.78, 5) is 30.9. The molecule has 2 unspecified atom stereocenters. The molecular formula is C25H27N7O2. The van der Waals surface area contributed by atoms with Gasteiger partial charge in [-0.1, -0.05) is 0 Å². The number of benzene rings is 1. The number of pyridine rings is 1. The number of fused-ring (bicyclic) bond motifs is 3. The van der Waals surface area contributed by atoms with Crippen LogP contribution in [-0.4, -0.2) is 58.2 Å². The van der Waals surface area contributed by atoms with Crippen molar-refractivity contribution >= 4 is 23.2 Å². The molecule has 2 amide bonds. The molecule has 2 aromatic heterocycles. The highest BCUT2D eigenvalue weighted by Gasteiger charge is 2.36. The molecule has 34 heavy (non-hydrogen) atoms. The third-order valence-corrected chi connectivity index (χ3v) is 6.60. The Labute approximate surface area is 198 Å². The molecule has 3 aromatic rings. The highest BCUT2D eigenvalue weighted by Crippen LogP contribution is 2.35.